The molecule has 0 bridgehead atoms. The van der Waals surface area contributed by atoms with E-state index in [1.54, 1.807) is 0 Å². The Morgan fingerprint density at radius 3 is 2.37 bits per heavy atom. The monoisotopic (exact) mass is 250 g/mol. The number of benzene rings is 2. The number of nitrogens with zero attached hydrogens (tertiary/aromatic N) is 1. The van der Waals surface area contributed by atoms with Crippen LogP contribution in [0, 0.1) is 0 Å². The van der Waals surface area contributed by atoms with Gasteiger partial charge in [0.05, 0.1) is 0 Å². The highest BCUT2D eigenvalue weighted by Gasteiger charge is 2.02. The van der Waals surface area contributed by atoms with E-state index in [2.05, 4.69) is 78.6 Å². The number of rotatable bonds is 3. The van der Waals surface area contributed by atoms with Crippen molar-refractivity contribution in [2.45, 2.75) is 6.42 Å². The second-order valence-corrected chi connectivity index (χ2v) is 5.12. The zero-order valence-electron chi connectivity index (χ0n) is 11.4. The van der Waals surface area contributed by atoms with Gasteiger partial charge < -0.3 is 9.88 Å². The molecule has 96 valence electrons. The summed E-state index contributed by atoms with van der Waals surface area (Å²) in [6.45, 7) is 0. The maximum atomic E-state index is 3.47. The van der Waals surface area contributed by atoms with E-state index < -0.39 is 0 Å². The number of aromatic nitrogens is 1. The Bertz CT molecular complexity index is 645. The molecular weight excluding hydrogens is 232 g/mol. The van der Waals surface area contributed by atoms with Crippen molar-refractivity contribution in [3.63, 3.8) is 0 Å². The standard InChI is InChI=1S/C17H18N2/c1-19(2)16-9-7-13(8-10-16)11-15-12-14-5-3-4-6-17(14)18-15/h3-10,12,18H,11H2,1-2H3. The van der Waals surface area contributed by atoms with E-state index in [1.165, 1.54) is 27.8 Å². The van der Waals surface area contributed by atoms with Gasteiger partial charge in [-0.15, -0.1) is 0 Å². The molecule has 1 aromatic heterocycles. The van der Waals surface area contributed by atoms with E-state index in [-0.39, 0.29) is 0 Å². The summed E-state index contributed by atoms with van der Waals surface area (Å²) in [6.07, 6.45) is 0.947. The number of nitrogens with one attached hydrogen (secondary N) is 1. The second-order valence-electron chi connectivity index (χ2n) is 5.12. The van der Waals surface area contributed by atoms with Gasteiger partial charge in [0.1, 0.15) is 0 Å². The number of hydrogen-bond donors (Lipinski definition) is 1. The predicted octanol–water partition coefficient (Wildman–Crippen LogP) is 3.82. The minimum Gasteiger partial charge on any atom is -0.378 e. The van der Waals surface area contributed by atoms with E-state index >= 15 is 0 Å². The second kappa shape index (κ2) is 4.81. The first-order valence-corrected chi connectivity index (χ1v) is 6.55. The quantitative estimate of drug-likeness (QED) is 0.748. The van der Waals surface area contributed by atoms with Gasteiger partial charge in [0.2, 0.25) is 0 Å². The summed E-state index contributed by atoms with van der Waals surface area (Å²) in [5.74, 6) is 0. The average molecular weight is 250 g/mol. The van der Waals surface area contributed by atoms with Crippen molar-refractivity contribution in [2.75, 3.05) is 19.0 Å². The molecule has 0 aliphatic heterocycles. The zero-order valence-corrected chi connectivity index (χ0v) is 11.4. The number of H-pyrrole nitrogens is 1. The molecule has 0 saturated heterocycles. The van der Waals surface area contributed by atoms with Gasteiger partial charge in [0.25, 0.3) is 0 Å². The van der Waals surface area contributed by atoms with Gasteiger partial charge in [-0.25, -0.2) is 0 Å². The van der Waals surface area contributed by atoms with Gasteiger partial charge >= 0.3 is 0 Å². The Balaban J connectivity index is 1.84. The predicted molar refractivity (Wildman–Crippen MR) is 81.9 cm³/mol. The van der Waals surface area contributed by atoms with Crippen LogP contribution in [0.3, 0.4) is 0 Å². The van der Waals surface area contributed by atoms with Crippen LogP contribution in [-0.4, -0.2) is 19.1 Å². The van der Waals surface area contributed by atoms with Gasteiger partial charge in [-0.1, -0.05) is 30.3 Å². The number of fused-ring (bicyclic) bond motifs is 1. The Kier molecular flexibility index (Phi) is 3.00. The van der Waals surface area contributed by atoms with Gasteiger partial charge in [-0.2, -0.15) is 0 Å². The lowest BCUT2D eigenvalue weighted by Gasteiger charge is -2.12. The SMILES string of the molecule is CN(C)c1ccc(Cc2cc3ccccc3[nH]2)cc1. The number of para-hydroxylation sites is 1. The molecule has 0 spiro atoms. The van der Waals surface area contributed by atoms with Crippen molar-refractivity contribution >= 4 is 16.6 Å². The average Bonchev–Trinajstić information content (AvgIpc) is 2.81. The van der Waals surface area contributed by atoms with E-state index in [0.717, 1.165) is 6.42 Å². The fourth-order valence-electron chi connectivity index (χ4n) is 2.36. The molecule has 3 aromatic rings. The van der Waals surface area contributed by atoms with Crippen LogP contribution in [0.15, 0.2) is 54.6 Å². The molecule has 0 amide bonds. The van der Waals surface area contributed by atoms with Gasteiger partial charge in [-0.05, 0) is 35.2 Å². The van der Waals surface area contributed by atoms with Crippen LogP contribution in [0.2, 0.25) is 0 Å². The third-order valence-corrected chi connectivity index (χ3v) is 3.43. The van der Waals surface area contributed by atoms with Crippen LogP contribution in [0.5, 0.6) is 0 Å². The summed E-state index contributed by atoms with van der Waals surface area (Å²) in [5.41, 5.74) is 5.04. The molecular formula is C17H18N2. The van der Waals surface area contributed by atoms with E-state index in [9.17, 15) is 0 Å². The van der Waals surface area contributed by atoms with E-state index in [1.807, 2.05) is 0 Å². The molecule has 0 aliphatic carbocycles. The Hall–Kier alpha value is -2.22. The fraction of sp³-hybridized carbons (Fsp3) is 0.176. The molecule has 0 aliphatic rings. The van der Waals surface area contributed by atoms with E-state index in [0.29, 0.717) is 0 Å². The molecule has 1 N–H and O–H groups in total. The van der Waals surface area contributed by atoms with Crippen molar-refractivity contribution in [2.24, 2.45) is 0 Å². The van der Waals surface area contributed by atoms with Crippen LogP contribution in [0.4, 0.5) is 5.69 Å². The van der Waals surface area contributed by atoms with Crippen molar-refractivity contribution in [1.29, 1.82) is 0 Å². The molecule has 0 atom stereocenters. The molecule has 2 nitrogen and oxygen atoms in total. The highest BCUT2D eigenvalue weighted by molar-refractivity contribution is 5.80. The number of aromatic amines is 1. The largest absolute Gasteiger partial charge is 0.378 e. The van der Waals surface area contributed by atoms with Crippen molar-refractivity contribution in [3.05, 3.63) is 65.9 Å². The summed E-state index contributed by atoms with van der Waals surface area (Å²) in [7, 11) is 4.12. The minimum atomic E-state index is 0.947. The maximum Gasteiger partial charge on any atom is 0.0456 e. The highest BCUT2D eigenvalue weighted by Crippen LogP contribution is 2.19. The highest BCUT2D eigenvalue weighted by atomic mass is 15.1. The fourth-order valence-corrected chi connectivity index (χ4v) is 2.36. The van der Waals surface area contributed by atoms with Gasteiger partial charge in [-0.3, -0.25) is 0 Å². The Morgan fingerprint density at radius 1 is 0.947 bits per heavy atom. The van der Waals surface area contributed by atoms with E-state index in [4.69, 9.17) is 0 Å². The van der Waals surface area contributed by atoms with Crippen molar-refractivity contribution in [1.82, 2.24) is 4.98 Å². The molecule has 0 saturated carbocycles. The third-order valence-electron chi connectivity index (χ3n) is 3.43. The van der Waals surface area contributed by atoms with Crippen LogP contribution in [0.1, 0.15) is 11.3 Å². The molecule has 19 heavy (non-hydrogen) atoms. The molecule has 0 fully saturated rings. The van der Waals surface area contributed by atoms with Crippen LogP contribution in [0.25, 0.3) is 10.9 Å². The minimum absolute atomic E-state index is 0.947. The molecule has 0 radical (unpaired) electrons. The molecule has 0 unspecified atom stereocenters. The first-order valence-electron chi connectivity index (χ1n) is 6.55. The topological polar surface area (TPSA) is 19.0 Å². The Labute approximate surface area is 113 Å². The first kappa shape index (κ1) is 11.8. The third kappa shape index (κ3) is 2.48. The number of hydrogen-bond acceptors (Lipinski definition) is 1. The van der Waals surface area contributed by atoms with Gasteiger partial charge in [0.15, 0.2) is 0 Å². The van der Waals surface area contributed by atoms with Crippen LogP contribution < -0.4 is 4.90 Å². The van der Waals surface area contributed by atoms with Crippen molar-refractivity contribution in [3.8, 4) is 0 Å². The lowest BCUT2D eigenvalue weighted by Crippen LogP contribution is -2.08. The lowest BCUT2D eigenvalue weighted by atomic mass is 10.1. The molecule has 3 rings (SSSR count). The lowest BCUT2D eigenvalue weighted by molar-refractivity contribution is 1.10. The maximum absolute atomic E-state index is 3.47. The molecule has 1 heterocycles. The molecule has 2 heteroatoms. The zero-order chi connectivity index (χ0) is 13.2. The normalized spacial score (nSPS) is 10.8. The smallest absolute Gasteiger partial charge is 0.0456 e. The van der Waals surface area contributed by atoms with Crippen LogP contribution in [-0.2, 0) is 6.42 Å². The summed E-state index contributed by atoms with van der Waals surface area (Å²) < 4.78 is 0. The van der Waals surface area contributed by atoms with Crippen LogP contribution >= 0.6 is 0 Å². The summed E-state index contributed by atoms with van der Waals surface area (Å²) in [6, 6.07) is 19.4. The summed E-state index contributed by atoms with van der Waals surface area (Å²) in [4.78, 5) is 5.59. The Morgan fingerprint density at radius 2 is 1.68 bits per heavy atom. The number of anilines is 1. The van der Waals surface area contributed by atoms with Gasteiger partial charge in [0, 0.05) is 37.4 Å². The summed E-state index contributed by atoms with van der Waals surface area (Å²) in [5, 5.41) is 1.28. The first-order chi connectivity index (χ1) is 9.22. The summed E-state index contributed by atoms with van der Waals surface area (Å²) >= 11 is 0. The molecule has 2 aromatic carbocycles. The van der Waals surface area contributed by atoms with Crippen molar-refractivity contribution < 1.29 is 0 Å².